The molecule has 1 aromatic carbocycles. The van der Waals surface area contributed by atoms with Crippen molar-refractivity contribution >= 4 is 23.7 Å². The quantitative estimate of drug-likeness (QED) is 0.713. The van der Waals surface area contributed by atoms with Gasteiger partial charge in [-0.2, -0.15) is 0 Å². The van der Waals surface area contributed by atoms with Crippen molar-refractivity contribution < 1.29 is 18.7 Å². The minimum absolute atomic E-state index is 0.0577. The molecule has 1 aromatic heterocycles. The highest BCUT2D eigenvalue weighted by Crippen LogP contribution is 2.22. The van der Waals surface area contributed by atoms with Gasteiger partial charge in [-0.25, -0.2) is 4.79 Å². The molecule has 2 aromatic rings. The smallest absolute Gasteiger partial charge is 0.321 e. The number of nitrogens with one attached hydrogen (secondary N) is 2. The number of ether oxygens (including phenoxy) is 1. The summed E-state index contributed by atoms with van der Waals surface area (Å²) in [5, 5.41) is 12.3. The number of amides is 3. The van der Waals surface area contributed by atoms with Crippen LogP contribution in [0.1, 0.15) is 32.2 Å². The van der Waals surface area contributed by atoms with E-state index in [-0.39, 0.29) is 17.9 Å². The average Bonchev–Trinajstić information content (AvgIpc) is 2.99. The van der Waals surface area contributed by atoms with Crippen LogP contribution >= 0.6 is 11.8 Å². The lowest BCUT2D eigenvalue weighted by atomic mass is 10.2. The number of aromatic nitrogens is 2. The number of rotatable bonds is 7. The van der Waals surface area contributed by atoms with Gasteiger partial charge in [-0.15, -0.1) is 10.2 Å². The topological polar surface area (TPSA) is 106 Å². The van der Waals surface area contributed by atoms with Crippen LogP contribution in [0.4, 0.5) is 4.79 Å². The van der Waals surface area contributed by atoms with Crippen LogP contribution in [0.2, 0.25) is 0 Å². The Morgan fingerprint density at radius 1 is 1.27 bits per heavy atom. The van der Waals surface area contributed by atoms with E-state index in [2.05, 4.69) is 20.8 Å². The summed E-state index contributed by atoms with van der Waals surface area (Å²) >= 11 is 1.07. The van der Waals surface area contributed by atoms with Crippen LogP contribution in [0, 0.1) is 6.92 Å². The predicted octanol–water partition coefficient (Wildman–Crippen LogP) is 2.67. The second-order valence-corrected chi connectivity index (χ2v) is 7.24. The maximum Gasteiger partial charge on any atom is 0.321 e. The predicted molar refractivity (Wildman–Crippen MR) is 96.9 cm³/mol. The molecular weight excluding hydrogens is 356 g/mol. The van der Waals surface area contributed by atoms with Crippen molar-refractivity contribution in [1.29, 1.82) is 0 Å². The van der Waals surface area contributed by atoms with E-state index in [0.717, 1.165) is 17.3 Å². The Kier molecular flexibility index (Phi) is 7.02. The lowest BCUT2D eigenvalue weighted by molar-refractivity contribution is -0.119. The zero-order valence-corrected chi connectivity index (χ0v) is 15.9. The molecular formula is C17H22N4O4S. The Morgan fingerprint density at radius 2 is 2.04 bits per heavy atom. The molecule has 0 fully saturated rings. The van der Waals surface area contributed by atoms with Crippen molar-refractivity contribution in [3.05, 3.63) is 35.7 Å². The highest BCUT2D eigenvalue weighted by Gasteiger charge is 2.20. The van der Waals surface area contributed by atoms with Gasteiger partial charge in [-0.3, -0.25) is 10.1 Å². The van der Waals surface area contributed by atoms with E-state index in [1.165, 1.54) is 0 Å². The summed E-state index contributed by atoms with van der Waals surface area (Å²) in [7, 11) is 0. The maximum atomic E-state index is 12.0. The van der Waals surface area contributed by atoms with Crippen molar-refractivity contribution in [2.24, 2.45) is 0 Å². The largest absolute Gasteiger partial charge is 0.484 e. The Balaban J connectivity index is 1.83. The highest BCUT2D eigenvalue weighted by molar-refractivity contribution is 8.00. The van der Waals surface area contributed by atoms with E-state index in [4.69, 9.17) is 9.15 Å². The highest BCUT2D eigenvalue weighted by atomic mass is 32.2. The van der Waals surface area contributed by atoms with Crippen molar-refractivity contribution in [3.8, 4) is 5.75 Å². The number of thioether (sulfide) groups is 1. The number of benzene rings is 1. The molecule has 8 nitrogen and oxygen atoms in total. The van der Waals surface area contributed by atoms with Crippen molar-refractivity contribution in [2.75, 3.05) is 0 Å². The second kappa shape index (κ2) is 9.23. The summed E-state index contributed by atoms with van der Waals surface area (Å²) in [5.74, 6) is 0.574. The summed E-state index contributed by atoms with van der Waals surface area (Å²) in [6.45, 7) is 7.37. The molecule has 0 saturated carbocycles. The normalized spacial score (nSPS) is 11.9. The fraction of sp³-hybridized carbons (Fsp3) is 0.412. The number of carbonyl (C=O) groups excluding carboxylic acids is 2. The van der Waals surface area contributed by atoms with Crippen LogP contribution in [0.15, 0.2) is 33.9 Å². The van der Waals surface area contributed by atoms with Crippen LogP contribution in [0.25, 0.3) is 0 Å². The first-order valence-corrected chi connectivity index (χ1v) is 9.01. The van der Waals surface area contributed by atoms with E-state index >= 15 is 0 Å². The van der Waals surface area contributed by atoms with Crippen LogP contribution in [-0.2, 0) is 11.4 Å². The molecule has 0 spiro atoms. The molecule has 2 rings (SSSR count). The zero-order chi connectivity index (χ0) is 19.1. The number of hydrogen-bond donors (Lipinski definition) is 2. The molecule has 0 radical (unpaired) electrons. The van der Waals surface area contributed by atoms with Crippen molar-refractivity contribution in [1.82, 2.24) is 20.8 Å². The first-order valence-electron chi connectivity index (χ1n) is 8.13. The molecule has 0 aliphatic heterocycles. The second-order valence-electron chi connectivity index (χ2n) is 5.94. The van der Waals surface area contributed by atoms with E-state index in [1.54, 1.807) is 20.8 Å². The molecule has 0 aliphatic rings. The average molecular weight is 378 g/mol. The van der Waals surface area contributed by atoms with Gasteiger partial charge in [0.15, 0.2) is 6.61 Å². The fourth-order valence-corrected chi connectivity index (χ4v) is 2.61. The monoisotopic (exact) mass is 378 g/mol. The van der Waals surface area contributed by atoms with Crippen LogP contribution in [0.5, 0.6) is 5.75 Å². The van der Waals surface area contributed by atoms with Gasteiger partial charge in [-0.05, 0) is 45.4 Å². The van der Waals surface area contributed by atoms with Gasteiger partial charge in [0.2, 0.25) is 5.91 Å². The maximum absolute atomic E-state index is 12.0. The van der Waals surface area contributed by atoms with Gasteiger partial charge in [-0.1, -0.05) is 23.9 Å². The molecule has 0 unspecified atom stereocenters. The fourth-order valence-electron chi connectivity index (χ4n) is 1.91. The van der Waals surface area contributed by atoms with E-state index in [1.807, 2.05) is 31.2 Å². The first-order chi connectivity index (χ1) is 12.3. The van der Waals surface area contributed by atoms with Gasteiger partial charge < -0.3 is 14.5 Å². The molecule has 26 heavy (non-hydrogen) atoms. The van der Waals surface area contributed by atoms with Gasteiger partial charge in [0.05, 0.1) is 5.25 Å². The summed E-state index contributed by atoms with van der Waals surface area (Å²) in [4.78, 5) is 23.5. The lowest BCUT2D eigenvalue weighted by Crippen LogP contribution is -2.45. The van der Waals surface area contributed by atoms with Crippen LogP contribution < -0.4 is 15.4 Å². The van der Waals surface area contributed by atoms with Crippen LogP contribution in [-0.4, -0.2) is 33.4 Å². The standard InChI is InChI=1S/C17H22N4O4S/c1-10(2)18-16(23)19-15(22)12(4)26-17-21-20-14(25-17)9-24-13-7-5-6-11(3)8-13/h5-8,10,12H,9H2,1-4H3,(H2,18,19,22,23)/t12-/m1/s1. The minimum Gasteiger partial charge on any atom is -0.484 e. The third-order valence-electron chi connectivity index (χ3n) is 3.10. The molecule has 9 heteroatoms. The third-order valence-corrected chi connectivity index (χ3v) is 4.04. The van der Waals surface area contributed by atoms with Gasteiger partial charge in [0, 0.05) is 6.04 Å². The van der Waals surface area contributed by atoms with Crippen molar-refractivity contribution in [2.45, 2.75) is 50.8 Å². The number of imide groups is 1. The van der Waals surface area contributed by atoms with E-state index < -0.39 is 17.2 Å². The van der Waals surface area contributed by atoms with Crippen LogP contribution in [0.3, 0.4) is 0 Å². The third kappa shape index (κ3) is 6.40. The number of aryl methyl sites for hydroxylation is 1. The number of nitrogens with zero attached hydrogens (tertiary/aromatic N) is 2. The zero-order valence-electron chi connectivity index (χ0n) is 15.1. The Labute approximate surface area is 156 Å². The Morgan fingerprint density at radius 3 is 2.73 bits per heavy atom. The summed E-state index contributed by atoms with van der Waals surface area (Å²) in [6.07, 6.45) is 0. The summed E-state index contributed by atoms with van der Waals surface area (Å²) in [5.41, 5.74) is 1.09. The molecule has 1 heterocycles. The number of hydrogen-bond acceptors (Lipinski definition) is 7. The Bertz CT molecular complexity index is 763. The summed E-state index contributed by atoms with van der Waals surface area (Å²) < 4.78 is 11.1. The molecule has 3 amide bonds. The minimum atomic E-state index is -0.570. The molecule has 0 saturated heterocycles. The molecule has 2 N–H and O–H groups in total. The molecule has 140 valence electrons. The molecule has 0 aliphatic carbocycles. The Hall–Kier alpha value is -2.55. The van der Waals surface area contributed by atoms with E-state index in [9.17, 15) is 9.59 Å². The van der Waals surface area contributed by atoms with Crippen molar-refractivity contribution in [3.63, 3.8) is 0 Å². The van der Waals surface area contributed by atoms with E-state index in [0.29, 0.717) is 11.6 Å². The molecule has 0 bridgehead atoms. The first kappa shape index (κ1) is 19.8. The summed E-state index contributed by atoms with van der Waals surface area (Å²) in [6, 6.07) is 7.03. The van der Waals surface area contributed by atoms with Gasteiger partial charge >= 0.3 is 6.03 Å². The van der Waals surface area contributed by atoms with Gasteiger partial charge in [0.25, 0.3) is 11.1 Å². The lowest BCUT2D eigenvalue weighted by Gasteiger charge is -2.11. The number of urea groups is 1. The van der Waals surface area contributed by atoms with Gasteiger partial charge in [0.1, 0.15) is 5.75 Å². The molecule has 1 atom stereocenters. The SMILES string of the molecule is Cc1cccc(OCc2nnc(S[C@H](C)C(=O)NC(=O)NC(C)C)o2)c1. The number of carbonyl (C=O) groups is 2.